The fourth-order valence-electron chi connectivity index (χ4n) is 4.80. The number of Topliss-reactive ketones (excluding diaryl/α,β-unsaturated/α-hetero) is 1. The molecule has 0 saturated heterocycles. The third-order valence-corrected chi connectivity index (χ3v) is 7.63. The highest BCUT2D eigenvalue weighted by Crippen LogP contribution is 2.44. The zero-order valence-corrected chi connectivity index (χ0v) is 17.3. The molecule has 2 aliphatic carbocycles. The Kier molecular flexibility index (Phi) is 4.80. The molecule has 2 nitrogen and oxygen atoms in total. The van der Waals surface area contributed by atoms with Crippen molar-refractivity contribution in [3.63, 3.8) is 0 Å². The summed E-state index contributed by atoms with van der Waals surface area (Å²) >= 11 is 1.85. The van der Waals surface area contributed by atoms with Gasteiger partial charge in [0.2, 0.25) is 0 Å². The second-order valence-corrected chi connectivity index (χ2v) is 9.38. The van der Waals surface area contributed by atoms with Crippen LogP contribution in [-0.2, 0) is 6.42 Å². The van der Waals surface area contributed by atoms with Gasteiger partial charge in [-0.25, -0.2) is 4.98 Å². The fourth-order valence-corrected chi connectivity index (χ4v) is 5.85. The molecular formula is C25H27NOS. The van der Waals surface area contributed by atoms with E-state index in [4.69, 9.17) is 4.98 Å². The number of carbonyl (C=O) groups excluding carboxylic acids is 1. The molecule has 2 heterocycles. The van der Waals surface area contributed by atoms with Gasteiger partial charge in [-0.05, 0) is 90.8 Å². The van der Waals surface area contributed by atoms with Crippen LogP contribution in [0.3, 0.4) is 0 Å². The van der Waals surface area contributed by atoms with Crippen molar-refractivity contribution >= 4 is 27.2 Å². The third-order valence-electron chi connectivity index (χ3n) is 6.65. The van der Waals surface area contributed by atoms with Gasteiger partial charge in [-0.3, -0.25) is 4.79 Å². The molecule has 1 aromatic carbocycles. The van der Waals surface area contributed by atoms with Gasteiger partial charge < -0.3 is 0 Å². The smallest absolute Gasteiger partial charge is 0.184 e. The molecule has 0 aliphatic heterocycles. The van der Waals surface area contributed by atoms with Crippen LogP contribution in [0.25, 0.3) is 10.1 Å². The number of hydrogen-bond donors (Lipinski definition) is 0. The van der Waals surface area contributed by atoms with Crippen LogP contribution < -0.4 is 0 Å². The number of hydrogen-bond acceptors (Lipinski definition) is 3. The van der Waals surface area contributed by atoms with Crippen LogP contribution in [0.1, 0.15) is 84.6 Å². The summed E-state index contributed by atoms with van der Waals surface area (Å²) in [5.74, 6) is 1.63. The molecule has 2 fully saturated rings. The predicted octanol–water partition coefficient (Wildman–Crippen LogP) is 6.89. The highest BCUT2D eigenvalue weighted by Gasteiger charge is 2.34. The fraction of sp³-hybridized carbons (Fsp3) is 0.440. The van der Waals surface area contributed by atoms with Crippen molar-refractivity contribution in [1.29, 1.82) is 0 Å². The first kappa shape index (κ1) is 18.1. The Bertz CT molecular complexity index is 1010. The van der Waals surface area contributed by atoms with Crippen LogP contribution in [0.15, 0.2) is 41.8 Å². The largest absolute Gasteiger partial charge is 0.292 e. The van der Waals surface area contributed by atoms with Crippen LogP contribution in [0.2, 0.25) is 0 Å². The van der Waals surface area contributed by atoms with Gasteiger partial charge in [-0.15, -0.1) is 11.3 Å². The highest BCUT2D eigenvalue weighted by molar-refractivity contribution is 7.17. The number of rotatable bonds is 5. The van der Waals surface area contributed by atoms with Gasteiger partial charge in [-0.1, -0.05) is 31.2 Å². The van der Waals surface area contributed by atoms with Crippen LogP contribution in [0.4, 0.5) is 0 Å². The molecule has 3 heteroatoms. The number of fused-ring (bicyclic) bond motifs is 1. The summed E-state index contributed by atoms with van der Waals surface area (Å²) in [7, 11) is 0. The Hall–Kier alpha value is -2.00. The standard InChI is InChI=1S/C25H27NOS/c1-2-19-13-14-20(16-7-8-16)24(26-19)25(27)18-11-9-17(10-12-18)22-15-28-23-6-4-3-5-21(22)23/h3-6,13-18H,2,7-12H2,1H3. The molecule has 2 aromatic heterocycles. The lowest BCUT2D eigenvalue weighted by atomic mass is 9.76. The van der Waals surface area contributed by atoms with Crippen molar-refractivity contribution in [3.05, 3.63) is 64.3 Å². The molecule has 0 spiro atoms. The molecule has 5 rings (SSSR count). The molecule has 0 atom stereocenters. The molecule has 0 unspecified atom stereocenters. The minimum Gasteiger partial charge on any atom is -0.292 e. The zero-order valence-electron chi connectivity index (χ0n) is 16.5. The molecule has 2 aliphatic rings. The lowest BCUT2D eigenvalue weighted by Gasteiger charge is -2.28. The van der Waals surface area contributed by atoms with Gasteiger partial charge >= 0.3 is 0 Å². The zero-order chi connectivity index (χ0) is 19.1. The second-order valence-electron chi connectivity index (χ2n) is 8.47. The van der Waals surface area contributed by atoms with Crippen molar-refractivity contribution in [2.45, 2.75) is 63.7 Å². The lowest BCUT2D eigenvalue weighted by molar-refractivity contribution is 0.0877. The molecule has 0 radical (unpaired) electrons. The SMILES string of the molecule is CCc1ccc(C2CC2)c(C(=O)C2CCC(c3csc4ccccc34)CC2)n1. The molecule has 0 N–H and O–H groups in total. The number of aromatic nitrogens is 1. The van der Waals surface area contributed by atoms with E-state index in [1.165, 1.54) is 34.1 Å². The average Bonchev–Trinajstić information content (AvgIpc) is 3.51. The second kappa shape index (κ2) is 7.44. The Morgan fingerprint density at radius 2 is 1.68 bits per heavy atom. The van der Waals surface area contributed by atoms with E-state index < -0.39 is 0 Å². The summed E-state index contributed by atoms with van der Waals surface area (Å²) in [6.45, 7) is 2.11. The predicted molar refractivity (Wildman–Crippen MR) is 116 cm³/mol. The van der Waals surface area contributed by atoms with E-state index in [9.17, 15) is 4.79 Å². The highest BCUT2D eigenvalue weighted by atomic mass is 32.1. The van der Waals surface area contributed by atoms with E-state index >= 15 is 0 Å². The van der Waals surface area contributed by atoms with Crippen molar-refractivity contribution in [1.82, 2.24) is 4.98 Å². The summed E-state index contributed by atoms with van der Waals surface area (Å²) in [5, 5.41) is 3.75. The number of aryl methyl sites for hydroxylation is 1. The minimum absolute atomic E-state index is 0.151. The van der Waals surface area contributed by atoms with Gasteiger partial charge in [0.1, 0.15) is 5.69 Å². The van der Waals surface area contributed by atoms with Crippen molar-refractivity contribution in [2.24, 2.45) is 5.92 Å². The monoisotopic (exact) mass is 389 g/mol. The van der Waals surface area contributed by atoms with E-state index in [1.54, 1.807) is 0 Å². The maximum absolute atomic E-state index is 13.4. The van der Waals surface area contributed by atoms with E-state index in [0.717, 1.165) is 43.5 Å². The Balaban J connectivity index is 1.34. The van der Waals surface area contributed by atoms with Gasteiger partial charge in [0, 0.05) is 16.3 Å². The first-order valence-corrected chi connectivity index (χ1v) is 11.6. The van der Waals surface area contributed by atoms with Crippen LogP contribution in [0, 0.1) is 5.92 Å². The first-order valence-electron chi connectivity index (χ1n) is 10.7. The number of pyridine rings is 1. The summed E-state index contributed by atoms with van der Waals surface area (Å²) in [4.78, 5) is 18.2. The Morgan fingerprint density at radius 1 is 0.964 bits per heavy atom. The molecule has 0 bridgehead atoms. The van der Waals surface area contributed by atoms with E-state index in [0.29, 0.717) is 17.6 Å². The van der Waals surface area contributed by atoms with Crippen molar-refractivity contribution in [2.75, 3.05) is 0 Å². The number of thiophene rings is 1. The maximum atomic E-state index is 13.4. The van der Waals surface area contributed by atoms with Crippen LogP contribution in [-0.4, -0.2) is 10.8 Å². The topological polar surface area (TPSA) is 30.0 Å². The van der Waals surface area contributed by atoms with E-state index in [-0.39, 0.29) is 5.92 Å². The van der Waals surface area contributed by atoms with Gasteiger partial charge in [-0.2, -0.15) is 0 Å². The summed E-state index contributed by atoms with van der Waals surface area (Å²) < 4.78 is 1.38. The first-order chi connectivity index (χ1) is 13.7. The van der Waals surface area contributed by atoms with Crippen LogP contribution >= 0.6 is 11.3 Å². The molecule has 28 heavy (non-hydrogen) atoms. The van der Waals surface area contributed by atoms with Crippen molar-refractivity contribution in [3.8, 4) is 0 Å². The van der Waals surface area contributed by atoms with E-state index in [1.807, 2.05) is 11.3 Å². The number of nitrogens with zero attached hydrogens (tertiary/aromatic N) is 1. The molecule has 3 aromatic rings. The molecule has 2 saturated carbocycles. The number of carbonyl (C=O) groups is 1. The van der Waals surface area contributed by atoms with Crippen molar-refractivity contribution < 1.29 is 4.79 Å². The van der Waals surface area contributed by atoms with Gasteiger partial charge in [0.05, 0.1) is 0 Å². The number of ketones is 1. The van der Waals surface area contributed by atoms with E-state index in [2.05, 4.69) is 48.7 Å². The van der Waals surface area contributed by atoms with Gasteiger partial charge in [0.25, 0.3) is 0 Å². The maximum Gasteiger partial charge on any atom is 0.184 e. The normalized spacial score (nSPS) is 22.5. The van der Waals surface area contributed by atoms with Gasteiger partial charge in [0.15, 0.2) is 5.78 Å². The Morgan fingerprint density at radius 3 is 2.43 bits per heavy atom. The quantitative estimate of drug-likeness (QED) is 0.445. The third kappa shape index (κ3) is 3.30. The summed E-state index contributed by atoms with van der Waals surface area (Å²) in [6, 6.07) is 13.0. The summed E-state index contributed by atoms with van der Waals surface area (Å²) in [6.07, 6.45) is 7.54. The number of benzene rings is 1. The molecule has 0 amide bonds. The molecule has 144 valence electrons. The Labute approximate surface area is 171 Å². The van der Waals surface area contributed by atoms with Crippen LogP contribution in [0.5, 0.6) is 0 Å². The lowest BCUT2D eigenvalue weighted by Crippen LogP contribution is -2.23. The minimum atomic E-state index is 0.151. The molecular weight excluding hydrogens is 362 g/mol. The average molecular weight is 390 g/mol. The summed E-state index contributed by atoms with van der Waals surface area (Å²) in [5.41, 5.74) is 4.56.